The van der Waals surface area contributed by atoms with Crippen LogP contribution in [0.4, 0.5) is 0 Å². The van der Waals surface area contributed by atoms with Crippen LogP contribution in [0.1, 0.15) is 31.6 Å². The summed E-state index contributed by atoms with van der Waals surface area (Å²) in [5, 5.41) is 7.22. The van der Waals surface area contributed by atoms with Crippen molar-refractivity contribution in [3.8, 4) is 0 Å². The van der Waals surface area contributed by atoms with Crippen molar-refractivity contribution in [1.82, 2.24) is 10.5 Å². The Morgan fingerprint density at radius 1 is 1.42 bits per heavy atom. The van der Waals surface area contributed by atoms with Gasteiger partial charge in [-0.2, -0.15) is 0 Å². The minimum Gasteiger partial charge on any atom is -0.465 e. The lowest BCUT2D eigenvalue weighted by atomic mass is 10.2. The van der Waals surface area contributed by atoms with Crippen LogP contribution in [0.5, 0.6) is 0 Å². The molecular formula is C13H16N2O3S. The van der Waals surface area contributed by atoms with E-state index in [1.807, 2.05) is 19.9 Å². The third kappa shape index (κ3) is 3.21. The summed E-state index contributed by atoms with van der Waals surface area (Å²) in [5.74, 6) is 0.549. The van der Waals surface area contributed by atoms with Crippen LogP contribution < -0.4 is 5.32 Å². The molecule has 0 aliphatic carbocycles. The average Bonchev–Trinajstić information content (AvgIpc) is 2.99. The highest BCUT2D eigenvalue weighted by molar-refractivity contribution is 7.13. The molecule has 0 fully saturated rings. The number of nitrogens with one attached hydrogen (secondary N) is 1. The first-order chi connectivity index (χ1) is 9.11. The van der Waals surface area contributed by atoms with Crippen molar-refractivity contribution in [2.75, 3.05) is 7.11 Å². The van der Waals surface area contributed by atoms with E-state index >= 15 is 0 Å². The smallest absolute Gasteiger partial charge is 0.348 e. The third-order valence-corrected chi connectivity index (χ3v) is 3.90. The molecule has 2 aromatic rings. The van der Waals surface area contributed by atoms with Gasteiger partial charge in [0.05, 0.1) is 12.8 Å². The number of hydrogen-bond donors (Lipinski definition) is 1. The summed E-state index contributed by atoms with van der Waals surface area (Å²) in [4.78, 5) is 13.0. The van der Waals surface area contributed by atoms with Crippen LogP contribution >= 0.6 is 11.3 Å². The number of esters is 1. The quantitative estimate of drug-likeness (QED) is 0.852. The Bertz CT molecular complexity index is 555. The van der Waals surface area contributed by atoms with Crippen molar-refractivity contribution in [3.63, 3.8) is 0 Å². The molecule has 0 unspecified atom stereocenters. The first-order valence-corrected chi connectivity index (χ1v) is 6.73. The standard InChI is InChI=1S/C13H16N2O3S/c1-8-11(9(2)18-15-8)7-14-6-10-4-5-12(19-10)13(16)17-3/h4-5,14H,6-7H2,1-3H3. The van der Waals surface area contributed by atoms with Crippen LogP contribution in [-0.4, -0.2) is 18.2 Å². The zero-order valence-electron chi connectivity index (χ0n) is 11.1. The summed E-state index contributed by atoms with van der Waals surface area (Å²) in [6.45, 7) is 5.23. The predicted molar refractivity (Wildman–Crippen MR) is 72.2 cm³/mol. The molecule has 0 aliphatic rings. The van der Waals surface area contributed by atoms with E-state index in [1.54, 1.807) is 6.07 Å². The molecule has 1 N–H and O–H groups in total. The highest BCUT2D eigenvalue weighted by Gasteiger charge is 2.10. The zero-order chi connectivity index (χ0) is 13.8. The van der Waals surface area contributed by atoms with Gasteiger partial charge in [-0.15, -0.1) is 11.3 Å². The van der Waals surface area contributed by atoms with Crippen molar-refractivity contribution in [3.05, 3.63) is 38.9 Å². The Hall–Kier alpha value is -1.66. The second kappa shape index (κ2) is 5.99. The van der Waals surface area contributed by atoms with Crippen LogP contribution in [0.2, 0.25) is 0 Å². The Morgan fingerprint density at radius 2 is 2.21 bits per heavy atom. The molecule has 0 atom stereocenters. The average molecular weight is 280 g/mol. The van der Waals surface area contributed by atoms with Gasteiger partial charge >= 0.3 is 5.97 Å². The Balaban J connectivity index is 1.89. The maximum Gasteiger partial charge on any atom is 0.348 e. The van der Waals surface area contributed by atoms with Gasteiger partial charge in [-0.1, -0.05) is 5.16 Å². The molecule has 102 valence electrons. The van der Waals surface area contributed by atoms with E-state index in [0.29, 0.717) is 18.0 Å². The first-order valence-electron chi connectivity index (χ1n) is 5.91. The van der Waals surface area contributed by atoms with Gasteiger partial charge < -0.3 is 14.6 Å². The highest BCUT2D eigenvalue weighted by atomic mass is 32.1. The Morgan fingerprint density at radius 3 is 2.84 bits per heavy atom. The number of carbonyl (C=O) groups is 1. The number of nitrogens with zero attached hydrogens (tertiary/aromatic N) is 1. The fraction of sp³-hybridized carbons (Fsp3) is 0.385. The highest BCUT2D eigenvalue weighted by Crippen LogP contribution is 2.18. The SMILES string of the molecule is COC(=O)c1ccc(CNCc2c(C)noc2C)s1. The molecule has 0 saturated carbocycles. The van der Waals surface area contributed by atoms with Crippen molar-refractivity contribution in [2.45, 2.75) is 26.9 Å². The number of aromatic nitrogens is 1. The summed E-state index contributed by atoms with van der Waals surface area (Å²) < 4.78 is 9.77. The van der Waals surface area contributed by atoms with Crippen LogP contribution in [0, 0.1) is 13.8 Å². The van der Waals surface area contributed by atoms with Crippen LogP contribution in [0.15, 0.2) is 16.7 Å². The fourth-order valence-electron chi connectivity index (χ4n) is 1.75. The fourth-order valence-corrected chi connectivity index (χ4v) is 2.64. The largest absolute Gasteiger partial charge is 0.465 e. The van der Waals surface area contributed by atoms with E-state index in [9.17, 15) is 4.79 Å². The molecule has 5 nitrogen and oxygen atoms in total. The summed E-state index contributed by atoms with van der Waals surface area (Å²) in [7, 11) is 1.39. The number of hydrogen-bond acceptors (Lipinski definition) is 6. The van der Waals surface area contributed by atoms with Gasteiger partial charge in [0, 0.05) is 23.5 Å². The van der Waals surface area contributed by atoms with Crippen molar-refractivity contribution in [1.29, 1.82) is 0 Å². The van der Waals surface area contributed by atoms with Gasteiger partial charge in [0.2, 0.25) is 0 Å². The first kappa shape index (κ1) is 13.8. The van der Waals surface area contributed by atoms with E-state index in [4.69, 9.17) is 4.52 Å². The summed E-state index contributed by atoms with van der Waals surface area (Å²) in [6.07, 6.45) is 0. The minimum absolute atomic E-state index is 0.290. The van der Waals surface area contributed by atoms with Gasteiger partial charge in [0.25, 0.3) is 0 Å². The van der Waals surface area contributed by atoms with Gasteiger partial charge in [-0.3, -0.25) is 0 Å². The van der Waals surface area contributed by atoms with Crippen molar-refractivity contribution in [2.24, 2.45) is 0 Å². The van der Waals surface area contributed by atoms with Gasteiger partial charge in [-0.05, 0) is 26.0 Å². The summed E-state index contributed by atoms with van der Waals surface area (Å²) in [5.41, 5.74) is 2.00. The van der Waals surface area contributed by atoms with Crippen LogP contribution in [0.25, 0.3) is 0 Å². The molecule has 19 heavy (non-hydrogen) atoms. The maximum absolute atomic E-state index is 11.3. The molecule has 2 aromatic heterocycles. The van der Waals surface area contributed by atoms with Crippen molar-refractivity contribution < 1.29 is 14.1 Å². The molecule has 0 radical (unpaired) electrons. The topological polar surface area (TPSA) is 64.4 Å². The molecule has 6 heteroatoms. The number of thiophene rings is 1. The molecule has 0 aliphatic heterocycles. The normalized spacial score (nSPS) is 10.7. The Labute approximate surface area is 115 Å². The minimum atomic E-state index is -0.290. The predicted octanol–water partition coefficient (Wildman–Crippen LogP) is 2.43. The molecule has 0 spiro atoms. The second-order valence-corrected chi connectivity index (χ2v) is 5.33. The number of rotatable bonds is 5. The molecule has 2 heterocycles. The Kier molecular flexibility index (Phi) is 4.34. The third-order valence-electron chi connectivity index (χ3n) is 2.83. The van der Waals surface area contributed by atoms with Gasteiger partial charge in [0.15, 0.2) is 0 Å². The molecule has 0 saturated heterocycles. The lowest BCUT2D eigenvalue weighted by Crippen LogP contribution is -2.12. The molecule has 0 bridgehead atoms. The van der Waals surface area contributed by atoms with Crippen LogP contribution in [0.3, 0.4) is 0 Å². The van der Waals surface area contributed by atoms with Gasteiger partial charge in [0.1, 0.15) is 10.6 Å². The summed E-state index contributed by atoms with van der Waals surface area (Å²) in [6, 6.07) is 3.71. The molecule has 0 amide bonds. The number of carbonyl (C=O) groups excluding carboxylic acids is 1. The number of methoxy groups -OCH3 is 1. The second-order valence-electron chi connectivity index (χ2n) is 4.16. The molecule has 0 aromatic carbocycles. The monoisotopic (exact) mass is 280 g/mol. The van der Waals surface area contributed by atoms with E-state index in [0.717, 1.165) is 21.9 Å². The lowest BCUT2D eigenvalue weighted by Gasteiger charge is -2.02. The van der Waals surface area contributed by atoms with E-state index < -0.39 is 0 Å². The number of ether oxygens (including phenoxy) is 1. The lowest BCUT2D eigenvalue weighted by molar-refractivity contribution is 0.0606. The molecule has 2 rings (SSSR count). The molecular weight excluding hydrogens is 264 g/mol. The van der Waals surface area contributed by atoms with Gasteiger partial charge in [-0.25, -0.2) is 4.79 Å². The summed E-state index contributed by atoms with van der Waals surface area (Å²) >= 11 is 1.44. The zero-order valence-corrected chi connectivity index (χ0v) is 12.0. The van der Waals surface area contributed by atoms with E-state index in [2.05, 4.69) is 15.2 Å². The van der Waals surface area contributed by atoms with Crippen molar-refractivity contribution >= 4 is 17.3 Å². The van der Waals surface area contributed by atoms with E-state index in [1.165, 1.54) is 18.4 Å². The van der Waals surface area contributed by atoms with Crippen LogP contribution in [-0.2, 0) is 17.8 Å². The maximum atomic E-state index is 11.3. The van der Waals surface area contributed by atoms with E-state index in [-0.39, 0.29) is 5.97 Å². The number of aryl methyl sites for hydroxylation is 2.